The summed E-state index contributed by atoms with van der Waals surface area (Å²) in [5.74, 6) is 0. The van der Waals surface area contributed by atoms with Gasteiger partial charge in [-0.25, -0.2) is 14.2 Å². The minimum absolute atomic E-state index is 0.365. The normalized spacial score (nSPS) is 11.8. The zero-order valence-electron chi connectivity index (χ0n) is 14.8. The molecule has 8 heteroatoms. The summed E-state index contributed by atoms with van der Waals surface area (Å²) in [6, 6.07) is 5.47. The maximum atomic E-state index is 12.0. The summed E-state index contributed by atoms with van der Waals surface area (Å²) >= 11 is 7.51. The SMILES string of the molecule is CN(C)C=NSc1cc(NC(=O)OC(C)(C)C)cc2c(Cl)nccc12. The first-order valence-electron chi connectivity index (χ1n) is 7.61. The molecule has 2 rings (SSSR count). The Kier molecular flexibility index (Phi) is 6.13. The first-order valence-corrected chi connectivity index (χ1v) is 8.76. The first-order chi connectivity index (χ1) is 11.7. The van der Waals surface area contributed by atoms with E-state index in [1.165, 1.54) is 11.9 Å². The molecule has 0 fully saturated rings. The van der Waals surface area contributed by atoms with Crippen molar-refractivity contribution in [2.45, 2.75) is 31.3 Å². The average Bonchev–Trinajstić information content (AvgIpc) is 2.46. The van der Waals surface area contributed by atoms with Crippen molar-refractivity contribution in [3.8, 4) is 0 Å². The van der Waals surface area contributed by atoms with Crippen molar-refractivity contribution in [3.05, 3.63) is 29.5 Å². The predicted molar refractivity (Wildman–Crippen MR) is 105 cm³/mol. The number of hydrogen-bond donors (Lipinski definition) is 1. The van der Waals surface area contributed by atoms with Gasteiger partial charge in [0.25, 0.3) is 0 Å². The lowest BCUT2D eigenvalue weighted by molar-refractivity contribution is 0.0636. The molecule has 0 saturated carbocycles. The quantitative estimate of drug-likeness (QED) is 0.356. The second-order valence-electron chi connectivity index (χ2n) is 6.57. The van der Waals surface area contributed by atoms with Gasteiger partial charge in [-0.3, -0.25) is 5.32 Å². The number of halogens is 1. The number of rotatable bonds is 4. The number of nitrogens with zero attached hydrogens (tertiary/aromatic N) is 3. The summed E-state index contributed by atoms with van der Waals surface area (Å²) in [5.41, 5.74) is -0.00697. The molecule has 0 aliphatic rings. The van der Waals surface area contributed by atoms with Crippen LogP contribution in [0.4, 0.5) is 10.5 Å². The van der Waals surface area contributed by atoms with Crippen LogP contribution in [0.5, 0.6) is 0 Å². The minimum atomic E-state index is -0.576. The summed E-state index contributed by atoms with van der Waals surface area (Å²) in [4.78, 5) is 18.8. The molecule has 2 aromatic rings. The molecule has 134 valence electrons. The van der Waals surface area contributed by atoms with Gasteiger partial charge in [0.2, 0.25) is 0 Å². The Morgan fingerprint density at radius 1 is 1.36 bits per heavy atom. The number of carbonyl (C=O) groups is 1. The molecule has 25 heavy (non-hydrogen) atoms. The van der Waals surface area contributed by atoms with Gasteiger partial charge in [0, 0.05) is 53.6 Å². The third-order valence-electron chi connectivity index (χ3n) is 2.87. The predicted octanol–water partition coefficient (Wildman–Crippen LogP) is 4.83. The Morgan fingerprint density at radius 3 is 2.72 bits per heavy atom. The third-order valence-corrected chi connectivity index (χ3v) is 3.90. The standard InChI is InChI=1S/C17H21ClN4O2S/c1-17(2,3)24-16(23)21-11-8-13-12(6-7-19-15(13)18)14(9-11)25-20-10-22(4)5/h6-10H,1-5H3,(H,21,23). The molecule has 1 amide bonds. The Hall–Kier alpha value is -1.99. The van der Waals surface area contributed by atoms with Gasteiger partial charge in [-0.15, -0.1) is 0 Å². The molecule has 0 bridgehead atoms. The van der Waals surface area contributed by atoms with E-state index in [-0.39, 0.29) is 0 Å². The molecule has 1 N–H and O–H groups in total. The lowest BCUT2D eigenvalue weighted by Gasteiger charge is -2.20. The van der Waals surface area contributed by atoms with Crippen molar-refractivity contribution in [1.82, 2.24) is 9.88 Å². The zero-order chi connectivity index (χ0) is 18.6. The van der Waals surface area contributed by atoms with Gasteiger partial charge in [-0.1, -0.05) is 11.6 Å². The van der Waals surface area contributed by atoms with Gasteiger partial charge in [0.15, 0.2) is 0 Å². The van der Waals surface area contributed by atoms with E-state index in [9.17, 15) is 4.79 Å². The number of fused-ring (bicyclic) bond motifs is 1. The smallest absolute Gasteiger partial charge is 0.412 e. The first kappa shape index (κ1) is 19.3. The molecule has 1 aromatic carbocycles. The molecule has 0 aliphatic heterocycles. The number of aromatic nitrogens is 1. The van der Waals surface area contributed by atoms with Crippen LogP contribution >= 0.6 is 23.5 Å². The van der Waals surface area contributed by atoms with E-state index >= 15 is 0 Å². The van der Waals surface area contributed by atoms with Crippen molar-refractivity contribution in [2.75, 3.05) is 19.4 Å². The monoisotopic (exact) mass is 380 g/mol. The lowest BCUT2D eigenvalue weighted by Crippen LogP contribution is -2.27. The number of benzene rings is 1. The van der Waals surface area contributed by atoms with E-state index in [1.807, 2.05) is 51.9 Å². The molecule has 0 radical (unpaired) electrons. The van der Waals surface area contributed by atoms with Crippen molar-refractivity contribution in [3.63, 3.8) is 0 Å². The van der Waals surface area contributed by atoms with Crippen LogP contribution in [0.25, 0.3) is 10.8 Å². The Balaban J connectivity index is 2.37. The fourth-order valence-electron chi connectivity index (χ4n) is 1.96. The number of amides is 1. The topological polar surface area (TPSA) is 66.8 Å². The highest BCUT2D eigenvalue weighted by molar-refractivity contribution is 7.98. The van der Waals surface area contributed by atoms with E-state index < -0.39 is 11.7 Å². The molecule has 1 heterocycles. The highest BCUT2D eigenvalue weighted by Gasteiger charge is 2.17. The van der Waals surface area contributed by atoms with Crippen molar-refractivity contribution in [1.29, 1.82) is 0 Å². The molecule has 0 aliphatic carbocycles. The zero-order valence-corrected chi connectivity index (χ0v) is 16.4. The molecular weight excluding hydrogens is 360 g/mol. The van der Waals surface area contributed by atoms with Crippen LogP contribution in [0.2, 0.25) is 5.15 Å². The molecule has 1 aromatic heterocycles. The maximum Gasteiger partial charge on any atom is 0.412 e. The lowest BCUT2D eigenvalue weighted by atomic mass is 10.1. The molecule has 0 saturated heterocycles. The molecule has 0 unspecified atom stereocenters. The highest BCUT2D eigenvalue weighted by atomic mass is 35.5. The summed E-state index contributed by atoms with van der Waals surface area (Å²) in [5, 5.41) is 4.75. The Bertz CT molecular complexity index is 803. The second-order valence-corrected chi connectivity index (χ2v) is 7.77. The largest absolute Gasteiger partial charge is 0.444 e. The summed E-state index contributed by atoms with van der Waals surface area (Å²) in [7, 11) is 3.78. The minimum Gasteiger partial charge on any atom is -0.444 e. The Morgan fingerprint density at radius 2 is 2.08 bits per heavy atom. The number of anilines is 1. The van der Waals surface area contributed by atoms with Crippen LogP contribution in [-0.4, -0.2) is 42.0 Å². The van der Waals surface area contributed by atoms with Crippen molar-refractivity contribution < 1.29 is 9.53 Å². The highest BCUT2D eigenvalue weighted by Crippen LogP contribution is 2.34. The fourth-order valence-corrected chi connectivity index (χ4v) is 2.98. The van der Waals surface area contributed by atoms with Crippen molar-refractivity contribution in [2.24, 2.45) is 4.40 Å². The number of ether oxygens (including phenoxy) is 1. The maximum absolute atomic E-state index is 12.0. The molecule has 0 spiro atoms. The number of carbonyl (C=O) groups excluding carboxylic acids is 1. The van der Waals surface area contributed by atoms with E-state index in [2.05, 4.69) is 14.7 Å². The third kappa shape index (κ3) is 5.79. The van der Waals surface area contributed by atoms with E-state index in [0.717, 1.165) is 15.7 Å². The van der Waals surface area contributed by atoms with Gasteiger partial charge in [0.1, 0.15) is 10.8 Å². The fraction of sp³-hybridized carbons (Fsp3) is 0.353. The van der Waals surface area contributed by atoms with Crippen LogP contribution < -0.4 is 5.32 Å². The van der Waals surface area contributed by atoms with E-state index in [1.54, 1.807) is 18.6 Å². The number of nitrogens with one attached hydrogen (secondary N) is 1. The van der Waals surface area contributed by atoms with Gasteiger partial charge in [-0.05, 0) is 39.0 Å². The van der Waals surface area contributed by atoms with Crippen LogP contribution in [0.1, 0.15) is 20.8 Å². The van der Waals surface area contributed by atoms with Crippen LogP contribution in [0.15, 0.2) is 33.7 Å². The molecule has 0 atom stereocenters. The van der Waals surface area contributed by atoms with Crippen molar-refractivity contribution >= 4 is 52.4 Å². The van der Waals surface area contributed by atoms with E-state index in [4.69, 9.17) is 16.3 Å². The van der Waals surface area contributed by atoms with E-state index in [0.29, 0.717) is 10.8 Å². The second kappa shape index (κ2) is 7.93. The molecular formula is C17H21ClN4O2S. The Labute approximate surface area is 156 Å². The average molecular weight is 381 g/mol. The summed E-state index contributed by atoms with van der Waals surface area (Å²) in [6.45, 7) is 5.43. The van der Waals surface area contributed by atoms with Crippen LogP contribution in [0, 0.1) is 0 Å². The number of hydrogen-bond acceptors (Lipinski definition) is 5. The summed E-state index contributed by atoms with van der Waals surface area (Å²) in [6.07, 6.45) is 2.82. The molecule has 6 nitrogen and oxygen atoms in total. The van der Waals surface area contributed by atoms with Gasteiger partial charge in [-0.2, -0.15) is 0 Å². The van der Waals surface area contributed by atoms with Gasteiger partial charge < -0.3 is 9.64 Å². The van der Waals surface area contributed by atoms with Gasteiger partial charge >= 0.3 is 6.09 Å². The van der Waals surface area contributed by atoms with Gasteiger partial charge in [0.05, 0.1) is 6.34 Å². The summed E-state index contributed by atoms with van der Waals surface area (Å²) < 4.78 is 9.61. The van der Waals surface area contributed by atoms with Crippen LogP contribution in [-0.2, 0) is 4.74 Å². The van der Waals surface area contributed by atoms with Crippen LogP contribution in [0.3, 0.4) is 0 Å². The number of pyridine rings is 1.